The Morgan fingerprint density at radius 3 is 2.28 bits per heavy atom. The molecule has 2 heterocycles. The van der Waals surface area contributed by atoms with Crippen LogP contribution in [0, 0.1) is 11.7 Å². The molecule has 0 spiro atoms. The molecule has 29 heavy (non-hydrogen) atoms. The molecule has 1 saturated heterocycles. The van der Waals surface area contributed by atoms with Crippen LogP contribution in [-0.4, -0.2) is 48.3 Å². The van der Waals surface area contributed by atoms with Crippen molar-refractivity contribution in [3.05, 3.63) is 65.5 Å². The van der Waals surface area contributed by atoms with Gasteiger partial charge in [0, 0.05) is 13.0 Å². The second kappa shape index (κ2) is 7.46. The van der Waals surface area contributed by atoms with E-state index in [4.69, 9.17) is 4.74 Å². The van der Waals surface area contributed by atoms with Gasteiger partial charge >= 0.3 is 5.97 Å². The monoisotopic (exact) mass is 396 g/mol. The summed E-state index contributed by atoms with van der Waals surface area (Å²) in [6.07, 6.45) is -0.0832. The van der Waals surface area contributed by atoms with E-state index in [-0.39, 0.29) is 37.7 Å². The van der Waals surface area contributed by atoms with Gasteiger partial charge in [-0.1, -0.05) is 24.3 Å². The summed E-state index contributed by atoms with van der Waals surface area (Å²) in [4.78, 5) is 51.4. The maximum Gasteiger partial charge on any atom is 0.311 e. The minimum absolute atomic E-state index is 0.0195. The Morgan fingerprint density at radius 2 is 1.62 bits per heavy atom. The Balaban J connectivity index is 1.33. The number of hydrogen-bond acceptors (Lipinski definition) is 5. The van der Waals surface area contributed by atoms with Crippen LogP contribution in [0.15, 0.2) is 48.5 Å². The van der Waals surface area contributed by atoms with E-state index in [0.717, 1.165) is 4.90 Å². The van der Waals surface area contributed by atoms with E-state index in [0.29, 0.717) is 11.1 Å². The van der Waals surface area contributed by atoms with Crippen molar-refractivity contribution in [2.75, 3.05) is 24.6 Å². The number of halogens is 1. The van der Waals surface area contributed by atoms with E-state index in [1.165, 1.54) is 23.1 Å². The number of esters is 1. The van der Waals surface area contributed by atoms with Crippen LogP contribution < -0.4 is 4.90 Å². The minimum Gasteiger partial charge on any atom is -0.464 e. The average molecular weight is 396 g/mol. The molecule has 0 aliphatic carbocycles. The van der Waals surface area contributed by atoms with Crippen molar-refractivity contribution in [1.82, 2.24) is 4.90 Å². The standard InChI is InChI=1S/C21H17FN2O5/c22-16-7-3-4-8-17(16)24-12-13(11-18(24)25)21(28)29-10-9-23-19(26)14-5-1-2-6-15(14)20(23)27/h1-8,13H,9-12H2/t13-/m0/s1. The molecule has 1 atom stereocenters. The van der Waals surface area contributed by atoms with Crippen molar-refractivity contribution in [1.29, 1.82) is 0 Å². The number of rotatable bonds is 5. The van der Waals surface area contributed by atoms with Crippen molar-refractivity contribution in [2.45, 2.75) is 6.42 Å². The Hall–Kier alpha value is -3.55. The Morgan fingerprint density at radius 1 is 1.00 bits per heavy atom. The molecule has 0 radical (unpaired) electrons. The van der Waals surface area contributed by atoms with Crippen LogP contribution in [0.3, 0.4) is 0 Å². The van der Waals surface area contributed by atoms with Crippen LogP contribution in [0.2, 0.25) is 0 Å². The third-order valence-electron chi connectivity index (χ3n) is 5.04. The number of nitrogens with zero attached hydrogens (tertiary/aromatic N) is 2. The van der Waals surface area contributed by atoms with Gasteiger partial charge in [0.15, 0.2) is 0 Å². The fourth-order valence-corrected chi connectivity index (χ4v) is 3.57. The first-order chi connectivity index (χ1) is 14.0. The van der Waals surface area contributed by atoms with Crippen molar-refractivity contribution in [2.24, 2.45) is 5.92 Å². The molecule has 2 aliphatic heterocycles. The summed E-state index contributed by atoms with van der Waals surface area (Å²) in [6, 6.07) is 12.3. The molecule has 3 amide bonds. The zero-order valence-electron chi connectivity index (χ0n) is 15.3. The fourth-order valence-electron chi connectivity index (χ4n) is 3.57. The van der Waals surface area contributed by atoms with E-state index >= 15 is 0 Å². The highest BCUT2D eigenvalue weighted by atomic mass is 19.1. The second-order valence-electron chi connectivity index (χ2n) is 6.83. The van der Waals surface area contributed by atoms with Crippen LogP contribution in [0.1, 0.15) is 27.1 Å². The van der Waals surface area contributed by atoms with Gasteiger partial charge in [0.25, 0.3) is 11.8 Å². The topological polar surface area (TPSA) is 84.0 Å². The van der Waals surface area contributed by atoms with Crippen molar-refractivity contribution in [3.63, 3.8) is 0 Å². The Kier molecular flexibility index (Phi) is 4.84. The Labute approximate surface area is 165 Å². The molecule has 0 aromatic heterocycles. The van der Waals surface area contributed by atoms with Gasteiger partial charge in [0.05, 0.1) is 29.3 Å². The predicted octanol–water partition coefficient (Wildman–Crippen LogP) is 2.02. The number of para-hydroxylation sites is 1. The molecule has 1 fully saturated rings. The van der Waals surface area contributed by atoms with E-state index < -0.39 is 29.5 Å². The molecule has 148 valence electrons. The van der Waals surface area contributed by atoms with E-state index in [1.807, 2.05) is 0 Å². The highest BCUT2D eigenvalue weighted by Crippen LogP contribution is 2.28. The predicted molar refractivity (Wildman–Crippen MR) is 99.6 cm³/mol. The van der Waals surface area contributed by atoms with Gasteiger partial charge in [-0.15, -0.1) is 0 Å². The van der Waals surface area contributed by atoms with Crippen molar-refractivity contribution < 1.29 is 28.3 Å². The summed E-state index contributed by atoms with van der Waals surface area (Å²) in [5.41, 5.74) is 0.773. The number of fused-ring (bicyclic) bond motifs is 1. The van der Waals surface area contributed by atoms with Gasteiger partial charge in [-0.2, -0.15) is 0 Å². The van der Waals surface area contributed by atoms with Gasteiger partial charge in [0.1, 0.15) is 12.4 Å². The summed E-state index contributed by atoms with van der Waals surface area (Å²) >= 11 is 0. The van der Waals surface area contributed by atoms with E-state index in [2.05, 4.69) is 0 Å². The zero-order chi connectivity index (χ0) is 20.5. The number of anilines is 1. The maximum absolute atomic E-state index is 13.9. The molecule has 4 rings (SSSR count). The smallest absolute Gasteiger partial charge is 0.311 e. The summed E-state index contributed by atoms with van der Waals surface area (Å²) in [5.74, 6) is -3.11. The number of amides is 3. The first-order valence-electron chi connectivity index (χ1n) is 9.14. The van der Waals surface area contributed by atoms with Crippen LogP contribution in [0.5, 0.6) is 0 Å². The lowest BCUT2D eigenvalue weighted by atomic mass is 10.1. The third-order valence-corrected chi connectivity index (χ3v) is 5.04. The van der Waals surface area contributed by atoms with Crippen LogP contribution in [-0.2, 0) is 14.3 Å². The van der Waals surface area contributed by atoms with Crippen molar-refractivity contribution in [3.8, 4) is 0 Å². The number of carbonyl (C=O) groups excluding carboxylic acids is 4. The number of hydrogen-bond donors (Lipinski definition) is 0. The molecule has 0 bridgehead atoms. The lowest BCUT2D eigenvalue weighted by Crippen LogP contribution is -2.34. The summed E-state index contributed by atoms with van der Waals surface area (Å²) in [5, 5.41) is 0. The number of imide groups is 1. The van der Waals surface area contributed by atoms with E-state index in [9.17, 15) is 23.6 Å². The van der Waals surface area contributed by atoms with Gasteiger partial charge < -0.3 is 9.64 Å². The molecular formula is C21H17FN2O5. The van der Waals surface area contributed by atoms with Crippen molar-refractivity contribution >= 4 is 29.4 Å². The van der Waals surface area contributed by atoms with Crippen LogP contribution >= 0.6 is 0 Å². The minimum atomic E-state index is -0.732. The molecule has 0 N–H and O–H groups in total. The molecule has 2 aromatic carbocycles. The van der Waals surface area contributed by atoms with Crippen LogP contribution in [0.4, 0.5) is 10.1 Å². The van der Waals surface area contributed by atoms with Gasteiger partial charge in [-0.25, -0.2) is 4.39 Å². The molecule has 0 unspecified atom stereocenters. The lowest BCUT2D eigenvalue weighted by Gasteiger charge is -2.17. The highest BCUT2D eigenvalue weighted by molar-refractivity contribution is 6.21. The molecular weight excluding hydrogens is 379 g/mol. The Bertz CT molecular complexity index is 987. The first-order valence-corrected chi connectivity index (χ1v) is 9.14. The van der Waals surface area contributed by atoms with E-state index in [1.54, 1.807) is 30.3 Å². The number of ether oxygens (including phenoxy) is 1. The molecule has 7 nitrogen and oxygen atoms in total. The van der Waals surface area contributed by atoms with Gasteiger partial charge in [-0.3, -0.25) is 24.1 Å². The summed E-state index contributed by atoms with van der Waals surface area (Å²) in [6.45, 7) is -0.226. The average Bonchev–Trinajstić information content (AvgIpc) is 3.22. The molecule has 2 aliphatic rings. The normalized spacial score (nSPS) is 18.4. The lowest BCUT2D eigenvalue weighted by molar-refractivity contribution is -0.148. The van der Waals surface area contributed by atoms with Crippen LogP contribution in [0.25, 0.3) is 0 Å². The third kappa shape index (κ3) is 3.37. The zero-order valence-corrected chi connectivity index (χ0v) is 15.3. The SMILES string of the molecule is O=C(OCCN1C(=O)c2ccccc2C1=O)[C@H]1CC(=O)N(c2ccccc2F)C1. The molecule has 2 aromatic rings. The van der Waals surface area contributed by atoms with Gasteiger partial charge in [-0.05, 0) is 24.3 Å². The second-order valence-corrected chi connectivity index (χ2v) is 6.83. The molecule has 8 heteroatoms. The quantitative estimate of drug-likeness (QED) is 0.570. The summed E-state index contributed by atoms with van der Waals surface area (Å²) in [7, 11) is 0. The van der Waals surface area contributed by atoms with Gasteiger partial charge in [0.2, 0.25) is 5.91 Å². The summed E-state index contributed by atoms with van der Waals surface area (Å²) < 4.78 is 19.1. The molecule has 0 saturated carbocycles. The highest BCUT2D eigenvalue weighted by Gasteiger charge is 2.38. The maximum atomic E-state index is 13.9. The largest absolute Gasteiger partial charge is 0.464 e. The first kappa shape index (κ1) is 18.8. The fraction of sp³-hybridized carbons (Fsp3) is 0.238. The number of carbonyl (C=O) groups is 4. The number of benzene rings is 2.